The topological polar surface area (TPSA) is 57.2 Å². The fourth-order valence-corrected chi connectivity index (χ4v) is 2.30. The molecule has 0 spiro atoms. The van der Waals surface area contributed by atoms with Crippen LogP contribution in [-0.2, 0) is 23.7 Å². The highest BCUT2D eigenvalue weighted by atomic mass is 16.6. The quantitative estimate of drug-likeness (QED) is 0.240. The molecule has 0 aliphatic heterocycles. The van der Waals surface area contributed by atoms with E-state index in [1.54, 1.807) is 0 Å². The summed E-state index contributed by atoms with van der Waals surface area (Å²) >= 11 is 0. The molecule has 0 aliphatic carbocycles. The van der Waals surface area contributed by atoms with Crippen LogP contribution in [0, 0.1) is 0 Å². The Hall–Kier alpha value is -0.690. The number of rotatable bonds is 20. The van der Waals surface area contributed by atoms with E-state index in [0.29, 0.717) is 46.1 Å². The Bertz CT molecular complexity index is 300. The molecule has 6 heteroatoms. The van der Waals surface area contributed by atoms with E-state index in [-0.39, 0.29) is 5.97 Å². The molecular weight excluding hydrogens is 334 g/mol. The number of hydrogen-bond donors (Lipinski definition) is 0. The first kappa shape index (κ1) is 25.3. The van der Waals surface area contributed by atoms with Crippen LogP contribution in [0.25, 0.3) is 0 Å². The maximum Gasteiger partial charge on any atom is 0.305 e. The Balaban J connectivity index is 3.14. The maximum atomic E-state index is 11.6. The van der Waals surface area contributed by atoms with Crippen molar-refractivity contribution in [1.82, 2.24) is 4.90 Å². The molecular formula is C20H41NO5. The van der Waals surface area contributed by atoms with Crippen molar-refractivity contribution in [2.24, 2.45) is 0 Å². The fraction of sp³-hybridized carbons (Fsp3) is 0.950. The number of likely N-dealkylation sites (N-methyl/N-ethyl adjacent to an activating group) is 1. The first-order valence-electron chi connectivity index (χ1n) is 10.2. The van der Waals surface area contributed by atoms with Gasteiger partial charge in [-0.15, -0.1) is 0 Å². The second-order valence-corrected chi connectivity index (χ2v) is 6.73. The van der Waals surface area contributed by atoms with E-state index in [1.165, 1.54) is 32.1 Å². The standard InChI is InChI=1S/C20H41NO5/c1-4-5-6-7-8-9-10-11-20(22)26-19-18-25-17-16-24-15-14-23-13-12-21(2)3/h4-19H2,1-3H3. The van der Waals surface area contributed by atoms with Gasteiger partial charge in [-0.25, -0.2) is 0 Å². The molecule has 26 heavy (non-hydrogen) atoms. The summed E-state index contributed by atoms with van der Waals surface area (Å²) < 4.78 is 21.3. The average Bonchev–Trinajstić information content (AvgIpc) is 2.61. The summed E-state index contributed by atoms with van der Waals surface area (Å²) in [5.41, 5.74) is 0. The molecule has 156 valence electrons. The highest BCUT2D eigenvalue weighted by Crippen LogP contribution is 2.08. The van der Waals surface area contributed by atoms with E-state index in [1.807, 2.05) is 14.1 Å². The van der Waals surface area contributed by atoms with E-state index in [4.69, 9.17) is 18.9 Å². The second kappa shape index (κ2) is 20.6. The van der Waals surface area contributed by atoms with Crippen LogP contribution in [0.4, 0.5) is 0 Å². The van der Waals surface area contributed by atoms with Crippen LogP contribution < -0.4 is 0 Å². The zero-order valence-electron chi connectivity index (χ0n) is 17.3. The Morgan fingerprint density at radius 2 is 1.19 bits per heavy atom. The molecule has 0 atom stereocenters. The van der Waals surface area contributed by atoms with E-state index in [0.717, 1.165) is 26.0 Å². The first-order chi connectivity index (χ1) is 12.7. The van der Waals surface area contributed by atoms with Gasteiger partial charge in [-0.2, -0.15) is 0 Å². The van der Waals surface area contributed by atoms with Gasteiger partial charge >= 0.3 is 5.97 Å². The van der Waals surface area contributed by atoms with Crippen LogP contribution in [0.3, 0.4) is 0 Å². The number of nitrogens with zero attached hydrogens (tertiary/aromatic N) is 1. The first-order valence-corrected chi connectivity index (χ1v) is 10.2. The molecule has 0 radical (unpaired) electrons. The summed E-state index contributed by atoms with van der Waals surface area (Å²) in [7, 11) is 4.04. The lowest BCUT2D eigenvalue weighted by Crippen LogP contribution is -2.19. The number of ether oxygens (including phenoxy) is 4. The van der Waals surface area contributed by atoms with E-state index in [2.05, 4.69) is 11.8 Å². The van der Waals surface area contributed by atoms with Gasteiger partial charge in [-0.1, -0.05) is 45.4 Å². The lowest BCUT2D eigenvalue weighted by Gasteiger charge is -2.10. The third kappa shape index (κ3) is 21.4. The normalized spacial score (nSPS) is 11.2. The predicted octanol–water partition coefficient (Wildman–Crippen LogP) is 3.28. The number of hydrogen-bond acceptors (Lipinski definition) is 6. The van der Waals surface area contributed by atoms with E-state index in [9.17, 15) is 4.79 Å². The lowest BCUT2D eigenvalue weighted by molar-refractivity contribution is -0.145. The summed E-state index contributed by atoms with van der Waals surface area (Å²) in [4.78, 5) is 13.6. The molecule has 0 heterocycles. The smallest absolute Gasteiger partial charge is 0.305 e. The molecule has 0 rings (SSSR count). The van der Waals surface area contributed by atoms with Gasteiger partial charge in [0.05, 0.1) is 39.6 Å². The number of esters is 1. The summed E-state index contributed by atoms with van der Waals surface area (Å²) in [5, 5.41) is 0. The molecule has 0 aromatic rings. The Kier molecular flexibility index (Phi) is 20.1. The number of unbranched alkanes of at least 4 members (excludes halogenated alkanes) is 6. The van der Waals surface area contributed by atoms with Gasteiger partial charge in [0.1, 0.15) is 6.61 Å². The lowest BCUT2D eigenvalue weighted by atomic mass is 10.1. The molecule has 0 fully saturated rings. The van der Waals surface area contributed by atoms with Crippen LogP contribution in [0.15, 0.2) is 0 Å². The molecule has 0 saturated carbocycles. The molecule has 0 N–H and O–H groups in total. The van der Waals surface area contributed by atoms with Crippen LogP contribution in [-0.4, -0.2) is 77.8 Å². The van der Waals surface area contributed by atoms with Crippen molar-refractivity contribution in [3.63, 3.8) is 0 Å². The number of carbonyl (C=O) groups is 1. The van der Waals surface area contributed by atoms with Gasteiger partial charge in [-0.05, 0) is 20.5 Å². The Labute approximate surface area is 160 Å². The summed E-state index contributed by atoms with van der Waals surface area (Å²) in [6, 6.07) is 0. The van der Waals surface area contributed by atoms with Crippen molar-refractivity contribution in [1.29, 1.82) is 0 Å². The van der Waals surface area contributed by atoms with Crippen LogP contribution >= 0.6 is 0 Å². The minimum atomic E-state index is -0.117. The largest absolute Gasteiger partial charge is 0.463 e. The van der Waals surface area contributed by atoms with E-state index >= 15 is 0 Å². The third-order valence-electron chi connectivity index (χ3n) is 3.90. The van der Waals surface area contributed by atoms with Crippen molar-refractivity contribution >= 4 is 5.97 Å². The Morgan fingerprint density at radius 3 is 1.77 bits per heavy atom. The van der Waals surface area contributed by atoms with Gasteiger partial charge in [0, 0.05) is 13.0 Å². The third-order valence-corrected chi connectivity index (χ3v) is 3.90. The van der Waals surface area contributed by atoms with Crippen LogP contribution in [0.2, 0.25) is 0 Å². The Morgan fingerprint density at radius 1 is 0.692 bits per heavy atom. The predicted molar refractivity (Wildman–Crippen MR) is 105 cm³/mol. The molecule has 6 nitrogen and oxygen atoms in total. The van der Waals surface area contributed by atoms with Crippen molar-refractivity contribution in [2.45, 2.75) is 58.3 Å². The zero-order chi connectivity index (χ0) is 19.3. The van der Waals surface area contributed by atoms with E-state index < -0.39 is 0 Å². The highest BCUT2D eigenvalue weighted by Gasteiger charge is 2.02. The minimum Gasteiger partial charge on any atom is -0.463 e. The van der Waals surface area contributed by atoms with Gasteiger partial charge in [0.15, 0.2) is 0 Å². The van der Waals surface area contributed by atoms with Gasteiger partial charge in [-0.3, -0.25) is 4.79 Å². The van der Waals surface area contributed by atoms with Gasteiger partial charge < -0.3 is 23.8 Å². The molecule has 0 aliphatic rings. The molecule has 0 aromatic heterocycles. The maximum absolute atomic E-state index is 11.6. The van der Waals surface area contributed by atoms with Crippen molar-refractivity contribution in [3.8, 4) is 0 Å². The summed E-state index contributed by atoms with van der Waals surface area (Å²) in [6.45, 7) is 6.81. The van der Waals surface area contributed by atoms with Crippen molar-refractivity contribution < 1.29 is 23.7 Å². The summed E-state index contributed by atoms with van der Waals surface area (Å²) in [5.74, 6) is -0.117. The van der Waals surface area contributed by atoms with Crippen LogP contribution in [0.1, 0.15) is 58.3 Å². The second-order valence-electron chi connectivity index (χ2n) is 6.73. The highest BCUT2D eigenvalue weighted by molar-refractivity contribution is 5.69. The molecule has 0 aromatic carbocycles. The average molecular weight is 376 g/mol. The molecule has 0 bridgehead atoms. The summed E-state index contributed by atoms with van der Waals surface area (Å²) in [6.07, 6.45) is 8.96. The monoisotopic (exact) mass is 375 g/mol. The van der Waals surface area contributed by atoms with Crippen molar-refractivity contribution in [3.05, 3.63) is 0 Å². The molecule has 0 saturated heterocycles. The van der Waals surface area contributed by atoms with Crippen molar-refractivity contribution in [2.75, 3.05) is 66.9 Å². The van der Waals surface area contributed by atoms with Gasteiger partial charge in [0.25, 0.3) is 0 Å². The zero-order valence-corrected chi connectivity index (χ0v) is 17.3. The number of carbonyl (C=O) groups excluding carboxylic acids is 1. The fourth-order valence-electron chi connectivity index (χ4n) is 2.30. The molecule has 0 unspecified atom stereocenters. The molecule has 0 amide bonds. The van der Waals surface area contributed by atoms with Gasteiger partial charge in [0.2, 0.25) is 0 Å². The SMILES string of the molecule is CCCCCCCCCC(=O)OCCOCCOCCOCCN(C)C. The minimum absolute atomic E-state index is 0.117. The van der Waals surface area contributed by atoms with Crippen LogP contribution in [0.5, 0.6) is 0 Å².